The van der Waals surface area contributed by atoms with Gasteiger partial charge in [0.25, 0.3) is 0 Å². The standard InChI is InChI=1S/C14H21BrN4/c1-19(10-11-6-2-5-9-13(11)15)14(18-16)17-12-7-3-4-8-12/h2,5-6,9,12H,3-4,7-8,10,16H2,1H3,(H,17,18). The molecule has 0 radical (unpaired) electrons. The Morgan fingerprint density at radius 2 is 2.11 bits per heavy atom. The molecule has 1 saturated carbocycles. The van der Waals surface area contributed by atoms with E-state index >= 15 is 0 Å². The molecule has 1 aliphatic rings. The quantitative estimate of drug-likeness (QED) is 0.389. The first-order valence-electron chi connectivity index (χ1n) is 6.69. The van der Waals surface area contributed by atoms with Gasteiger partial charge in [-0.3, -0.25) is 5.43 Å². The van der Waals surface area contributed by atoms with Gasteiger partial charge in [0, 0.05) is 18.1 Å². The number of aliphatic imine (C=N–C) groups is 1. The van der Waals surface area contributed by atoms with Gasteiger partial charge in [-0.1, -0.05) is 47.0 Å². The minimum Gasteiger partial charge on any atom is -0.341 e. The summed E-state index contributed by atoms with van der Waals surface area (Å²) in [4.78, 5) is 6.76. The van der Waals surface area contributed by atoms with E-state index in [4.69, 9.17) is 10.8 Å². The van der Waals surface area contributed by atoms with Gasteiger partial charge in [0.1, 0.15) is 0 Å². The Morgan fingerprint density at radius 1 is 1.42 bits per heavy atom. The second-order valence-corrected chi connectivity index (χ2v) is 5.84. The summed E-state index contributed by atoms with van der Waals surface area (Å²) in [5.41, 5.74) is 3.95. The lowest BCUT2D eigenvalue weighted by Gasteiger charge is -2.22. The van der Waals surface area contributed by atoms with E-state index in [9.17, 15) is 0 Å². The van der Waals surface area contributed by atoms with Crippen LogP contribution in [-0.2, 0) is 6.54 Å². The Kier molecular flexibility index (Phi) is 5.22. The summed E-state index contributed by atoms with van der Waals surface area (Å²) in [6, 6.07) is 8.63. The topological polar surface area (TPSA) is 53.6 Å². The summed E-state index contributed by atoms with van der Waals surface area (Å²) in [6.45, 7) is 0.775. The van der Waals surface area contributed by atoms with E-state index < -0.39 is 0 Å². The van der Waals surface area contributed by atoms with Gasteiger partial charge in [0.2, 0.25) is 5.96 Å². The van der Waals surface area contributed by atoms with Gasteiger partial charge in [-0.15, -0.1) is 0 Å². The summed E-state index contributed by atoms with van der Waals surface area (Å²) in [5, 5.41) is 0. The highest BCUT2D eigenvalue weighted by atomic mass is 79.9. The normalized spacial score (nSPS) is 16.7. The number of hydrazine groups is 1. The molecule has 0 saturated heterocycles. The van der Waals surface area contributed by atoms with Crippen LogP contribution in [0.25, 0.3) is 0 Å². The van der Waals surface area contributed by atoms with Crippen LogP contribution in [0.1, 0.15) is 31.2 Å². The van der Waals surface area contributed by atoms with Crippen molar-refractivity contribution < 1.29 is 0 Å². The molecule has 1 aromatic carbocycles. The molecule has 19 heavy (non-hydrogen) atoms. The summed E-state index contributed by atoms with van der Waals surface area (Å²) < 4.78 is 1.11. The van der Waals surface area contributed by atoms with Crippen molar-refractivity contribution >= 4 is 21.9 Å². The summed E-state index contributed by atoms with van der Waals surface area (Å²) in [7, 11) is 2.01. The van der Waals surface area contributed by atoms with Crippen molar-refractivity contribution in [2.75, 3.05) is 7.05 Å². The molecular weight excluding hydrogens is 304 g/mol. The van der Waals surface area contributed by atoms with Crippen LogP contribution in [0.5, 0.6) is 0 Å². The number of hydrogen-bond acceptors (Lipinski definition) is 2. The highest BCUT2D eigenvalue weighted by molar-refractivity contribution is 9.10. The first kappa shape index (κ1) is 14.3. The van der Waals surface area contributed by atoms with Crippen LogP contribution >= 0.6 is 15.9 Å². The second-order valence-electron chi connectivity index (χ2n) is 4.98. The summed E-state index contributed by atoms with van der Waals surface area (Å²) in [6.07, 6.45) is 4.90. The lowest BCUT2D eigenvalue weighted by atomic mass is 10.2. The SMILES string of the molecule is CN(Cc1ccccc1Br)C(=NC1CCCC1)NN. The maximum absolute atomic E-state index is 5.61. The zero-order chi connectivity index (χ0) is 13.7. The van der Waals surface area contributed by atoms with E-state index in [2.05, 4.69) is 32.3 Å². The summed E-state index contributed by atoms with van der Waals surface area (Å²) >= 11 is 3.57. The molecule has 0 atom stereocenters. The average Bonchev–Trinajstić information content (AvgIpc) is 2.91. The largest absolute Gasteiger partial charge is 0.341 e. The van der Waals surface area contributed by atoms with Crippen molar-refractivity contribution in [1.82, 2.24) is 10.3 Å². The molecule has 0 aliphatic heterocycles. The number of rotatable bonds is 3. The Morgan fingerprint density at radius 3 is 2.74 bits per heavy atom. The van der Waals surface area contributed by atoms with Crippen LogP contribution in [0.3, 0.4) is 0 Å². The first-order valence-corrected chi connectivity index (χ1v) is 7.49. The monoisotopic (exact) mass is 324 g/mol. The van der Waals surface area contributed by atoms with Crippen molar-refractivity contribution in [2.45, 2.75) is 38.3 Å². The van der Waals surface area contributed by atoms with E-state index in [0.29, 0.717) is 6.04 Å². The predicted molar refractivity (Wildman–Crippen MR) is 82.6 cm³/mol. The fourth-order valence-corrected chi connectivity index (χ4v) is 2.82. The van der Waals surface area contributed by atoms with Crippen molar-refractivity contribution in [3.8, 4) is 0 Å². The fourth-order valence-electron chi connectivity index (χ4n) is 2.41. The highest BCUT2D eigenvalue weighted by Crippen LogP contribution is 2.21. The molecule has 1 aromatic rings. The van der Waals surface area contributed by atoms with E-state index in [1.165, 1.54) is 31.2 Å². The molecule has 0 bridgehead atoms. The molecule has 3 N–H and O–H groups in total. The van der Waals surface area contributed by atoms with Crippen LogP contribution in [0.2, 0.25) is 0 Å². The van der Waals surface area contributed by atoms with Gasteiger partial charge < -0.3 is 4.90 Å². The fraction of sp³-hybridized carbons (Fsp3) is 0.500. The van der Waals surface area contributed by atoms with E-state index in [-0.39, 0.29) is 0 Å². The smallest absolute Gasteiger partial charge is 0.208 e. The third kappa shape index (κ3) is 3.94. The van der Waals surface area contributed by atoms with Gasteiger partial charge in [-0.25, -0.2) is 10.8 Å². The molecule has 0 unspecified atom stereocenters. The maximum Gasteiger partial charge on any atom is 0.208 e. The number of hydrogen-bond donors (Lipinski definition) is 2. The molecule has 0 heterocycles. The minimum absolute atomic E-state index is 0.424. The van der Waals surface area contributed by atoms with Crippen molar-refractivity contribution in [2.24, 2.45) is 10.8 Å². The van der Waals surface area contributed by atoms with Crippen LogP contribution in [0.4, 0.5) is 0 Å². The van der Waals surface area contributed by atoms with Gasteiger partial charge in [0.05, 0.1) is 6.04 Å². The van der Waals surface area contributed by atoms with Gasteiger partial charge in [0.15, 0.2) is 0 Å². The van der Waals surface area contributed by atoms with Crippen molar-refractivity contribution in [1.29, 1.82) is 0 Å². The van der Waals surface area contributed by atoms with E-state index in [1.807, 2.05) is 25.2 Å². The predicted octanol–water partition coefficient (Wildman–Crippen LogP) is 2.64. The number of nitrogens with two attached hydrogens (primary N) is 1. The van der Waals surface area contributed by atoms with Crippen molar-refractivity contribution in [3.63, 3.8) is 0 Å². The molecular formula is C14H21BrN4. The van der Waals surface area contributed by atoms with Gasteiger partial charge in [-0.05, 0) is 24.5 Å². The zero-order valence-corrected chi connectivity index (χ0v) is 12.9. The zero-order valence-electron chi connectivity index (χ0n) is 11.3. The van der Waals surface area contributed by atoms with Crippen LogP contribution in [-0.4, -0.2) is 23.9 Å². The number of nitrogens with one attached hydrogen (secondary N) is 1. The number of halogens is 1. The summed E-state index contributed by atoms with van der Waals surface area (Å²) in [5.74, 6) is 6.38. The molecule has 4 nitrogen and oxygen atoms in total. The molecule has 0 spiro atoms. The Labute approximate surface area is 123 Å². The van der Waals surface area contributed by atoms with E-state index in [1.54, 1.807) is 0 Å². The second kappa shape index (κ2) is 6.91. The molecule has 0 amide bonds. The third-order valence-electron chi connectivity index (χ3n) is 3.49. The average molecular weight is 325 g/mol. The molecule has 0 aromatic heterocycles. The first-order chi connectivity index (χ1) is 9.20. The Bertz CT molecular complexity index is 441. The number of nitrogens with zero attached hydrogens (tertiary/aromatic N) is 2. The molecule has 104 valence electrons. The maximum atomic E-state index is 5.61. The van der Waals surface area contributed by atoms with Crippen molar-refractivity contribution in [3.05, 3.63) is 34.3 Å². The molecule has 1 fully saturated rings. The molecule has 1 aliphatic carbocycles. The lowest BCUT2D eigenvalue weighted by molar-refractivity contribution is 0.470. The minimum atomic E-state index is 0.424. The van der Waals surface area contributed by atoms with Gasteiger partial charge in [-0.2, -0.15) is 0 Å². The van der Waals surface area contributed by atoms with Crippen LogP contribution < -0.4 is 11.3 Å². The Balaban J connectivity index is 2.04. The lowest BCUT2D eigenvalue weighted by Crippen LogP contribution is -2.43. The highest BCUT2D eigenvalue weighted by Gasteiger charge is 2.16. The molecule has 5 heteroatoms. The number of guanidine groups is 1. The van der Waals surface area contributed by atoms with E-state index in [0.717, 1.165) is 17.0 Å². The van der Waals surface area contributed by atoms with Crippen LogP contribution in [0, 0.1) is 0 Å². The number of benzene rings is 1. The third-order valence-corrected chi connectivity index (χ3v) is 4.26. The van der Waals surface area contributed by atoms with Gasteiger partial charge >= 0.3 is 0 Å². The van der Waals surface area contributed by atoms with Crippen LogP contribution in [0.15, 0.2) is 33.7 Å². The Hall–Kier alpha value is -1.07. The molecule has 2 rings (SSSR count).